The maximum absolute atomic E-state index is 12.7. The molecule has 1 N–H and O–H groups in total. The van der Waals surface area contributed by atoms with Crippen molar-refractivity contribution < 1.29 is 9.21 Å². The average molecular weight is 340 g/mol. The highest BCUT2D eigenvalue weighted by Crippen LogP contribution is 2.14. The van der Waals surface area contributed by atoms with Crippen LogP contribution in [0.2, 0.25) is 0 Å². The van der Waals surface area contributed by atoms with Crippen molar-refractivity contribution in [3.05, 3.63) is 76.4 Å². The third-order valence-electron chi connectivity index (χ3n) is 3.73. The summed E-state index contributed by atoms with van der Waals surface area (Å²) >= 11 is 1.71. The van der Waals surface area contributed by atoms with E-state index in [0.717, 1.165) is 23.4 Å². The van der Waals surface area contributed by atoms with Crippen molar-refractivity contribution in [1.82, 2.24) is 4.90 Å². The molecule has 0 fully saturated rings. The Hall–Kier alpha value is -2.53. The number of benzene rings is 1. The van der Waals surface area contributed by atoms with Gasteiger partial charge in [-0.2, -0.15) is 0 Å². The molecule has 0 aliphatic rings. The SMILES string of the molecule is Cc1ccc(NC(=O)N(CCc2cccs2)Cc2ccco2)cc1. The zero-order chi connectivity index (χ0) is 16.8. The van der Waals surface area contributed by atoms with Crippen LogP contribution in [0.3, 0.4) is 0 Å². The number of thiophene rings is 1. The Bertz CT molecular complexity index is 749. The van der Waals surface area contributed by atoms with Crippen LogP contribution in [0, 0.1) is 6.92 Å². The lowest BCUT2D eigenvalue weighted by Crippen LogP contribution is -2.35. The number of carbonyl (C=O) groups is 1. The van der Waals surface area contributed by atoms with Gasteiger partial charge in [0.25, 0.3) is 0 Å². The van der Waals surface area contributed by atoms with Gasteiger partial charge in [0.05, 0.1) is 12.8 Å². The van der Waals surface area contributed by atoms with Crippen molar-refractivity contribution in [2.75, 3.05) is 11.9 Å². The molecule has 124 valence electrons. The van der Waals surface area contributed by atoms with Gasteiger partial charge in [0.15, 0.2) is 0 Å². The van der Waals surface area contributed by atoms with Gasteiger partial charge >= 0.3 is 6.03 Å². The van der Waals surface area contributed by atoms with Crippen LogP contribution in [0.5, 0.6) is 0 Å². The molecule has 0 atom stereocenters. The highest BCUT2D eigenvalue weighted by molar-refractivity contribution is 7.09. The second kappa shape index (κ2) is 7.84. The minimum Gasteiger partial charge on any atom is -0.467 e. The zero-order valence-corrected chi connectivity index (χ0v) is 14.4. The number of aryl methyl sites for hydroxylation is 1. The standard InChI is InChI=1S/C19H20N2O2S/c1-15-6-8-16(9-7-15)20-19(22)21(14-17-4-2-12-23-17)11-10-18-5-3-13-24-18/h2-9,12-13H,10-11,14H2,1H3,(H,20,22). The van der Waals surface area contributed by atoms with Crippen molar-refractivity contribution >= 4 is 23.1 Å². The number of hydrogen-bond acceptors (Lipinski definition) is 3. The number of nitrogens with zero attached hydrogens (tertiary/aromatic N) is 1. The van der Waals surface area contributed by atoms with Crippen LogP contribution in [0.15, 0.2) is 64.6 Å². The first kappa shape index (κ1) is 16.3. The van der Waals surface area contributed by atoms with Crippen molar-refractivity contribution in [2.45, 2.75) is 19.9 Å². The summed E-state index contributed by atoms with van der Waals surface area (Å²) < 4.78 is 5.40. The molecule has 2 aromatic heterocycles. The minimum absolute atomic E-state index is 0.119. The van der Waals surface area contributed by atoms with E-state index in [2.05, 4.69) is 16.8 Å². The van der Waals surface area contributed by atoms with Crippen molar-refractivity contribution in [1.29, 1.82) is 0 Å². The number of amides is 2. The molecule has 4 nitrogen and oxygen atoms in total. The van der Waals surface area contributed by atoms with Gasteiger partial charge in [-0.05, 0) is 49.1 Å². The van der Waals surface area contributed by atoms with Crippen molar-refractivity contribution in [3.63, 3.8) is 0 Å². The molecule has 0 saturated carbocycles. The van der Waals surface area contributed by atoms with E-state index in [-0.39, 0.29) is 6.03 Å². The molecule has 0 saturated heterocycles. The fraction of sp³-hybridized carbons (Fsp3) is 0.211. The fourth-order valence-electron chi connectivity index (χ4n) is 2.38. The number of rotatable bonds is 6. The molecular weight excluding hydrogens is 320 g/mol. The topological polar surface area (TPSA) is 45.5 Å². The van der Waals surface area contributed by atoms with E-state index in [1.165, 1.54) is 4.88 Å². The number of nitrogens with one attached hydrogen (secondary N) is 1. The summed E-state index contributed by atoms with van der Waals surface area (Å²) in [6.45, 7) is 3.12. The van der Waals surface area contributed by atoms with Gasteiger partial charge in [-0.15, -0.1) is 11.3 Å². The Morgan fingerprint density at radius 3 is 2.67 bits per heavy atom. The first-order valence-corrected chi connectivity index (χ1v) is 8.76. The van der Waals surface area contributed by atoms with Crippen molar-refractivity contribution in [2.24, 2.45) is 0 Å². The van der Waals surface area contributed by atoms with E-state index in [4.69, 9.17) is 4.42 Å². The number of anilines is 1. The predicted molar refractivity (Wildman–Crippen MR) is 97.3 cm³/mol. The Morgan fingerprint density at radius 1 is 1.17 bits per heavy atom. The van der Waals surface area contributed by atoms with Crippen LogP contribution < -0.4 is 5.32 Å². The Morgan fingerprint density at radius 2 is 2.00 bits per heavy atom. The van der Waals surface area contributed by atoms with Crippen LogP contribution in [0.4, 0.5) is 10.5 Å². The average Bonchev–Trinajstić information content (AvgIpc) is 3.27. The first-order chi connectivity index (χ1) is 11.7. The minimum atomic E-state index is -0.119. The Balaban J connectivity index is 1.67. The Labute approximate surface area is 145 Å². The van der Waals surface area contributed by atoms with Crippen LogP contribution in [-0.2, 0) is 13.0 Å². The highest BCUT2D eigenvalue weighted by atomic mass is 32.1. The van der Waals surface area contributed by atoms with Crippen LogP contribution in [0.1, 0.15) is 16.2 Å². The Kier molecular flexibility index (Phi) is 5.33. The van der Waals surface area contributed by atoms with Gasteiger partial charge < -0.3 is 14.6 Å². The summed E-state index contributed by atoms with van der Waals surface area (Å²) in [5.74, 6) is 0.778. The maximum atomic E-state index is 12.7. The summed E-state index contributed by atoms with van der Waals surface area (Å²) in [6, 6.07) is 15.5. The predicted octanol–water partition coefficient (Wildman–Crippen LogP) is 4.93. The quantitative estimate of drug-likeness (QED) is 0.692. The van der Waals surface area contributed by atoms with E-state index in [1.807, 2.05) is 49.4 Å². The second-order valence-corrected chi connectivity index (χ2v) is 6.66. The number of urea groups is 1. The molecule has 0 aliphatic carbocycles. The molecule has 0 unspecified atom stereocenters. The molecule has 0 bridgehead atoms. The molecule has 5 heteroatoms. The summed E-state index contributed by atoms with van der Waals surface area (Å²) in [5, 5.41) is 5.01. The fourth-order valence-corrected chi connectivity index (χ4v) is 3.08. The van der Waals surface area contributed by atoms with Gasteiger partial charge in [-0.3, -0.25) is 0 Å². The van der Waals surface area contributed by atoms with Crippen molar-refractivity contribution in [3.8, 4) is 0 Å². The van der Waals surface area contributed by atoms with E-state index in [0.29, 0.717) is 13.1 Å². The molecule has 3 rings (SSSR count). The molecule has 2 heterocycles. The van der Waals surface area contributed by atoms with E-state index in [9.17, 15) is 4.79 Å². The van der Waals surface area contributed by atoms with E-state index in [1.54, 1.807) is 22.5 Å². The van der Waals surface area contributed by atoms with Crippen LogP contribution in [0.25, 0.3) is 0 Å². The summed E-state index contributed by atoms with van der Waals surface area (Å²) in [6.07, 6.45) is 2.46. The number of furan rings is 1. The number of carbonyl (C=O) groups excluding carboxylic acids is 1. The largest absolute Gasteiger partial charge is 0.467 e. The van der Waals surface area contributed by atoms with Crippen LogP contribution in [-0.4, -0.2) is 17.5 Å². The lowest BCUT2D eigenvalue weighted by atomic mass is 10.2. The first-order valence-electron chi connectivity index (χ1n) is 7.88. The highest BCUT2D eigenvalue weighted by Gasteiger charge is 2.16. The van der Waals surface area contributed by atoms with Gasteiger partial charge in [0, 0.05) is 17.1 Å². The molecular formula is C19H20N2O2S. The third-order valence-corrected chi connectivity index (χ3v) is 4.66. The molecule has 0 radical (unpaired) electrons. The van der Waals surface area contributed by atoms with Gasteiger partial charge in [0.1, 0.15) is 5.76 Å². The summed E-state index contributed by atoms with van der Waals surface area (Å²) in [5.41, 5.74) is 1.96. The van der Waals surface area contributed by atoms with Gasteiger partial charge in [-0.25, -0.2) is 4.79 Å². The van der Waals surface area contributed by atoms with Crippen LogP contribution >= 0.6 is 11.3 Å². The van der Waals surface area contributed by atoms with E-state index < -0.39 is 0 Å². The zero-order valence-electron chi connectivity index (χ0n) is 13.6. The number of hydrogen-bond donors (Lipinski definition) is 1. The van der Waals surface area contributed by atoms with Gasteiger partial charge in [-0.1, -0.05) is 23.8 Å². The summed E-state index contributed by atoms with van der Waals surface area (Å²) in [7, 11) is 0. The molecule has 1 aromatic carbocycles. The lowest BCUT2D eigenvalue weighted by molar-refractivity contribution is 0.205. The molecule has 24 heavy (non-hydrogen) atoms. The molecule has 3 aromatic rings. The molecule has 0 aliphatic heterocycles. The normalized spacial score (nSPS) is 10.5. The second-order valence-electron chi connectivity index (χ2n) is 5.63. The molecule has 2 amide bonds. The monoisotopic (exact) mass is 340 g/mol. The smallest absolute Gasteiger partial charge is 0.322 e. The van der Waals surface area contributed by atoms with E-state index >= 15 is 0 Å². The lowest BCUT2D eigenvalue weighted by Gasteiger charge is -2.22. The summed E-state index contributed by atoms with van der Waals surface area (Å²) in [4.78, 5) is 15.7. The maximum Gasteiger partial charge on any atom is 0.322 e. The van der Waals surface area contributed by atoms with Gasteiger partial charge in [0.2, 0.25) is 0 Å². The molecule has 0 spiro atoms. The third kappa shape index (κ3) is 4.49.